The molecular weight excluding hydrogens is 274 g/mol. The van der Waals surface area contributed by atoms with Crippen LogP contribution in [0.4, 0.5) is 5.69 Å². The lowest BCUT2D eigenvalue weighted by atomic mass is 10.0. The fourth-order valence-electron chi connectivity index (χ4n) is 1.77. The standard InChI is InChI=1S/C13H17N5OS/c1-9(2)10-5-3-4-6-11(10)16-12(19)7-20-13-17-15-8-18(13)14/h3-6,8-9H,7,14H2,1-2H3,(H,16,19). The summed E-state index contributed by atoms with van der Waals surface area (Å²) in [7, 11) is 0. The maximum atomic E-state index is 12.0. The molecule has 0 saturated heterocycles. The van der Waals surface area contributed by atoms with Gasteiger partial charge >= 0.3 is 0 Å². The molecule has 106 valence electrons. The van der Waals surface area contributed by atoms with Gasteiger partial charge in [0.2, 0.25) is 11.1 Å². The van der Waals surface area contributed by atoms with Crippen LogP contribution in [0, 0.1) is 0 Å². The number of nitrogens with two attached hydrogens (primary N) is 1. The molecule has 0 atom stereocenters. The van der Waals surface area contributed by atoms with Crippen molar-refractivity contribution >= 4 is 23.4 Å². The van der Waals surface area contributed by atoms with Gasteiger partial charge in [-0.1, -0.05) is 43.8 Å². The molecule has 2 aromatic rings. The molecule has 0 bridgehead atoms. The lowest BCUT2D eigenvalue weighted by Gasteiger charge is -2.13. The highest BCUT2D eigenvalue weighted by Gasteiger charge is 2.11. The minimum atomic E-state index is -0.0916. The average Bonchev–Trinajstić information content (AvgIpc) is 2.82. The molecule has 0 saturated carbocycles. The molecule has 2 rings (SSSR count). The number of nitrogens with one attached hydrogen (secondary N) is 1. The van der Waals surface area contributed by atoms with Gasteiger partial charge in [0.15, 0.2) is 0 Å². The third-order valence-corrected chi connectivity index (χ3v) is 3.69. The Morgan fingerprint density at radius 3 is 2.85 bits per heavy atom. The first kappa shape index (κ1) is 14.4. The number of hydrogen-bond donors (Lipinski definition) is 2. The van der Waals surface area contributed by atoms with E-state index in [1.54, 1.807) is 0 Å². The minimum absolute atomic E-state index is 0.0916. The highest BCUT2D eigenvalue weighted by atomic mass is 32.2. The van der Waals surface area contributed by atoms with E-state index in [-0.39, 0.29) is 11.7 Å². The van der Waals surface area contributed by atoms with Gasteiger partial charge in [0.25, 0.3) is 0 Å². The van der Waals surface area contributed by atoms with Gasteiger partial charge in [-0.25, -0.2) is 4.68 Å². The highest BCUT2D eigenvalue weighted by molar-refractivity contribution is 7.99. The number of carbonyl (C=O) groups is 1. The van der Waals surface area contributed by atoms with E-state index < -0.39 is 0 Å². The van der Waals surface area contributed by atoms with Crippen molar-refractivity contribution in [2.24, 2.45) is 0 Å². The summed E-state index contributed by atoms with van der Waals surface area (Å²) >= 11 is 1.25. The van der Waals surface area contributed by atoms with E-state index in [0.717, 1.165) is 11.3 Å². The summed E-state index contributed by atoms with van der Waals surface area (Å²) in [6, 6.07) is 7.80. The topological polar surface area (TPSA) is 85.8 Å². The number of nitrogen functional groups attached to an aromatic ring is 1. The molecule has 0 spiro atoms. The van der Waals surface area contributed by atoms with Crippen LogP contribution in [0.5, 0.6) is 0 Å². The maximum Gasteiger partial charge on any atom is 0.234 e. The summed E-state index contributed by atoms with van der Waals surface area (Å²) in [5.74, 6) is 6.08. The summed E-state index contributed by atoms with van der Waals surface area (Å²) in [5, 5.41) is 10.9. The van der Waals surface area contributed by atoms with Crippen molar-refractivity contribution in [2.45, 2.75) is 24.9 Å². The second-order valence-corrected chi connectivity index (χ2v) is 5.54. The molecule has 7 heteroatoms. The van der Waals surface area contributed by atoms with Crippen LogP contribution in [-0.4, -0.2) is 26.5 Å². The smallest absolute Gasteiger partial charge is 0.234 e. The van der Waals surface area contributed by atoms with Gasteiger partial charge in [-0.15, -0.1) is 10.2 Å². The molecule has 1 heterocycles. The number of aromatic nitrogens is 3. The van der Waals surface area contributed by atoms with Crippen LogP contribution < -0.4 is 11.2 Å². The molecule has 20 heavy (non-hydrogen) atoms. The number of para-hydroxylation sites is 1. The molecule has 0 aliphatic rings. The van der Waals surface area contributed by atoms with Crippen molar-refractivity contribution < 1.29 is 4.79 Å². The van der Waals surface area contributed by atoms with Crippen LogP contribution in [0.15, 0.2) is 35.7 Å². The fourth-order valence-corrected chi connectivity index (χ4v) is 2.40. The minimum Gasteiger partial charge on any atom is -0.336 e. The van der Waals surface area contributed by atoms with Crippen LogP contribution in [0.2, 0.25) is 0 Å². The zero-order valence-corrected chi connectivity index (χ0v) is 12.2. The zero-order chi connectivity index (χ0) is 14.5. The van der Waals surface area contributed by atoms with E-state index >= 15 is 0 Å². The van der Waals surface area contributed by atoms with E-state index in [9.17, 15) is 4.79 Å². The molecule has 3 N–H and O–H groups in total. The Kier molecular flexibility index (Phi) is 4.62. The van der Waals surface area contributed by atoms with E-state index in [0.29, 0.717) is 11.1 Å². The van der Waals surface area contributed by atoms with Gasteiger partial charge in [-0.3, -0.25) is 4.79 Å². The molecule has 0 aliphatic carbocycles. The molecule has 6 nitrogen and oxygen atoms in total. The SMILES string of the molecule is CC(C)c1ccccc1NC(=O)CSc1nncn1N. The molecule has 1 amide bonds. The Morgan fingerprint density at radius 2 is 2.20 bits per heavy atom. The molecule has 0 radical (unpaired) electrons. The van der Waals surface area contributed by atoms with E-state index in [4.69, 9.17) is 5.84 Å². The second-order valence-electron chi connectivity index (χ2n) is 4.60. The quantitative estimate of drug-likeness (QED) is 0.648. The Bertz CT molecular complexity index is 596. The van der Waals surface area contributed by atoms with E-state index in [1.807, 2.05) is 24.3 Å². The van der Waals surface area contributed by atoms with Crippen LogP contribution >= 0.6 is 11.8 Å². The lowest BCUT2D eigenvalue weighted by Crippen LogP contribution is -2.16. The van der Waals surface area contributed by atoms with Crippen LogP contribution in [0.1, 0.15) is 25.3 Å². The second kappa shape index (κ2) is 6.42. The van der Waals surface area contributed by atoms with Crippen molar-refractivity contribution in [3.8, 4) is 0 Å². The van der Waals surface area contributed by atoms with Crippen LogP contribution in [0.3, 0.4) is 0 Å². The summed E-state index contributed by atoms with van der Waals surface area (Å²) in [6.45, 7) is 4.19. The predicted octanol–water partition coefficient (Wildman–Crippen LogP) is 1.85. The summed E-state index contributed by atoms with van der Waals surface area (Å²) in [6.07, 6.45) is 1.40. The average molecular weight is 291 g/mol. The number of carbonyl (C=O) groups excluding carboxylic acids is 1. The Hall–Kier alpha value is -2.02. The zero-order valence-electron chi connectivity index (χ0n) is 11.4. The molecule has 0 aliphatic heterocycles. The number of thioether (sulfide) groups is 1. The molecule has 0 fully saturated rings. The normalized spacial score (nSPS) is 10.8. The number of benzene rings is 1. The monoisotopic (exact) mass is 291 g/mol. The number of amides is 1. The third-order valence-electron chi connectivity index (χ3n) is 2.73. The largest absolute Gasteiger partial charge is 0.336 e. The summed E-state index contributed by atoms with van der Waals surface area (Å²) in [5.41, 5.74) is 1.97. The Morgan fingerprint density at radius 1 is 1.45 bits per heavy atom. The molecule has 0 unspecified atom stereocenters. The van der Waals surface area contributed by atoms with Gasteiger partial charge in [0.1, 0.15) is 6.33 Å². The first-order valence-electron chi connectivity index (χ1n) is 6.24. The fraction of sp³-hybridized carbons (Fsp3) is 0.308. The lowest BCUT2D eigenvalue weighted by molar-refractivity contribution is -0.113. The molecular formula is C13H17N5OS. The Labute approximate surface area is 121 Å². The Balaban J connectivity index is 1.97. The number of nitrogens with zero attached hydrogens (tertiary/aromatic N) is 3. The predicted molar refractivity (Wildman–Crippen MR) is 80.1 cm³/mol. The van der Waals surface area contributed by atoms with Gasteiger partial charge in [-0.05, 0) is 17.5 Å². The van der Waals surface area contributed by atoms with Crippen molar-refractivity contribution in [1.82, 2.24) is 14.9 Å². The maximum absolute atomic E-state index is 12.0. The van der Waals surface area contributed by atoms with Crippen LogP contribution in [0.25, 0.3) is 0 Å². The number of anilines is 1. The third kappa shape index (κ3) is 3.51. The van der Waals surface area contributed by atoms with E-state index in [1.165, 1.54) is 22.8 Å². The van der Waals surface area contributed by atoms with Gasteiger partial charge < -0.3 is 11.2 Å². The number of rotatable bonds is 5. The van der Waals surface area contributed by atoms with Crippen molar-refractivity contribution in [2.75, 3.05) is 16.9 Å². The van der Waals surface area contributed by atoms with E-state index in [2.05, 4.69) is 29.4 Å². The van der Waals surface area contributed by atoms with Crippen LogP contribution in [-0.2, 0) is 4.79 Å². The molecule has 1 aromatic heterocycles. The summed E-state index contributed by atoms with van der Waals surface area (Å²) in [4.78, 5) is 12.0. The first-order chi connectivity index (χ1) is 9.58. The van der Waals surface area contributed by atoms with Gasteiger partial charge in [0, 0.05) is 5.69 Å². The van der Waals surface area contributed by atoms with Gasteiger partial charge in [0.05, 0.1) is 5.75 Å². The highest BCUT2D eigenvalue weighted by Crippen LogP contribution is 2.24. The summed E-state index contributed by atoms with van der Waals surface area (Å²) < 4.78 is 1.29. The van der Waals surface area contributed by atoms with Crippen molar-refractivity contribution in [3.63, 3.8) is 0 Å². The first-order valence-corrected chi connectivity index (χ1v) is 7.23. The van der Waals surface area contributed by atoms with Crippen molar-refractivity contribution in [3.05, 3.63) is 36.2 Å². The number of hydrogen-bond acceptors (Lipinski definition) is 5. The molecule has 1 aromatic carbocycles. The van der Waals surface area contributed by atoms with Crippen molar-refractivity contribution in [1.29, 1.82) is 0 Å². The van der Waals surface area contributed by atoms with Gasteiger partial charge in [-0.2, -0.15) is 0 Å².